The number of hydrogen-bond acceptors (Lipinski definition) is 4. The van der Waals surface area contributed by atoms with Crippen LogP contribution in [0.2, 0.25) is 0 Å². The highest BCUT2D eigenvalue weighted by molar-refractivity contribution is 5.94. The van der Waals surface area contributed by atoms with Gasteiger partial charge in [0.15, 0.2) is 0 Å². The zero-order valence-corrected chi connectivity index (χ0v) is 21.4. The van der Waals surface area contributed by atoms with E-state index in [-0.39, 0.29) is 5.91 Å². The molecule has 0 saturated carbocycles. The predicted octanol–water partition coefficient (Wildman–Crippen LogP) is 6.19. The number of amides is 1. The molecule has 4 rings (SSSR count). The van der Waals surface area contributed by atoms with Crippen LogP contribution in [-0.4, -0.2) is 55.1 Å². The number of morpholine rings is 1. The van der Waals surface area contributed by atoms with Gasteiger partial charge < -0.3 is 14.4 Å². The van der Waals surface area contributed by atoms with Gasteiger partial charge in [0.25, 0.3) is 5.91 Å². The van der Waals surface area contributed by atoms with Crippen molar-refractivity contribution in [3.63, 3.8) is 0 Å². The number of para-hydroxylation sites is 1. The first kappa shape index (κ1) is 25.9. The van der Waals surface area contributed by atoms with Gasteiger partial charge >= 0.3 is 0 Å². The van der Waals surface area contributed by atoms with E-state index in [1.165, 1.54) is 24.8 Å². The van der Waals surface area contributed by atoms with E-state index in [1.54, 1.807) is 0 Å². The topological polar surface area (TPSA) is 42.0 Å². The molecule has 0 N–H and O–H groups in total. The van der Waals surface area contributed by atoms with Gasteiger partial charge in [0.05, 0.1) is 13.2 Å². The molecule has 0 aliphatic carbocycles. The average molecular weight is 487 g/mol. The molecule has 5 heteroatoms. The Bertz CT molecular complexity index is 1060. The molecular weight excluding hydrogens is 448 g/mol. The van der Waals surface area contributed by atoms with Crippen molar-refractivity contribution in [2.45, 2.75) is 39.2 Å². The minimum atomic E-state index is 0.0674. The van der Waals surface area contributed by atoms with Crippen LogP contribution in [0.1, 0.15) is 47.7 Å². The number of rotatable bonds is 12. The van der Waals surface area contributed by atoms with E-state index < -0.39 is 0 Å². The van der Waals surface area contributed by atoms with Gasteiger partial charge in [-0.1, -0.05) is 62.2 Å². The lowest BCUT2D eigenvalue weighted by molar-refractivity contribution is 0.0320. The first-order chi connectivity index (χ1) is 17.7. The highest BCUT2D eigenvalue weighted by atomic mass is 16.5. The fourth-order valence-corrected chi connectivity index (χ4v) is 4.47. The van der Waals surface area contributed by atoms with E-state index >= 15 is 0 Å². The van der Waals surface area contributed by atoms with Crippen LogP contribution in [0, 0.1) is 0 Å². The number of nitrogens with zero attached hydrogens (tertiary/aromatic N) is 2. The minimum absolute atomic E-state index is 0.0674. The molecule has 190 valence electrons. The van der Waals surface area contributed by atoms with Crippen LogP contribution in [0.5, 0.6) is 11.5 Å². The maximum Gasteiger partial charge on any atom is 0.254 e. The molecule has 3 aromatic rings. The largest absolute Gasteiger partial charge is 0.457 e. The fraction of sp³-hybridized carbons (Fsp3) is 0.387. The molecule has 0 atom stereocenters. The summed E-state index contributed by atoms with van der Waals surface area (Å²) in [6, 6.07) is 26.0. The first-order valence-electron chi connectivity index (χ1n) is 13.2. The molecule has 3 aromatic carbocycles. The Kier molecular flexibility index (Phi) is 9.95. The summed E-state index contributed by atoms with van der Waals surface area (Å²) >= 11 is 0. The van der Waals surface area contributed by atoms with Crippen molar-refractivity contribution in [1.82, 2.24) is 9.80 Å². The molecule has 0 unspecified atom stereocenters. The van der Waals surface area contributed by atoms with E-state index in [9.17, 15) is 4.79 Å². The smallest absolute Gasteiger partial charge is 0.254 e. The number of carbonyl (C=O) groups is 1. The number of carbonyl (C=O) groups excluding carboxylic acids is 1. The number of benzene rings is 3. The van der Waals surface area contributed by atoms with Crippen LogP contribution in [-0.2, 0) is 17.7 Å². The van der Waals surface area contributed by atoms with E-state index in [0.29, 0.717) is 13.1 Å². The van der Waals surface area contributed by atoms with Gasteiger partial charge in [0.1, 0.15) is 11.5 Å². The summed E-state index contributed by atoms with van der Waals surface area (Å²) in [6.45, 7) is 7.60. The van der Waals surface area contributed by atoms with Crippen molar-refractivity contribution in [1.29, 1.82) is 0 Å². The van der Waals surface area contributed by atoms with E-state index in [0.717, 1.165) is 61.9 Å². The molecule has 36 heavy (non-hydrogen) atoms. The molecule has 0 aromatic heterocycles. The van der Waals surface area contributed by atoms with E-state index in [2.05, 4.69) is 30.0 Å². The molecule has 1 aliphatic rings. The van der Waals surface area contributed by atoms with Crippen LogP contribution in [0.25, 0.3) is 0 Å². The lowest BCUT2D eigenvalue weighted by Gasteiger charge is -2.30. The molecule has 1 amide bonds. The Morgan fingerprint density at radius 3 is 2.39 bits per heavy atom. The Labute approximate surface area is 215 Å². The summed E-state index contributed by atoms with van der Waals surface area (Å²) < 4.78 is 11.5. The third-order valence-corrected chi connectivity index (χ3v) is 6.60. The molecule has 1 saturated heterocycles. The SMILES string of the molecule is CCCCCc1ccc(C(=O)N(CCN2CCOCC2)Cc2cccc(Oc3ccccc3)c2)cc1. The number of hydrogen-bond donors (Lipinski definition) is 0. The highest BCUT2D eigenvalue weighted by Gasteiger charge is 2.19. The maximum atomic E-state index is 13.6. The van der Waals surface area contributed by atoms with Crippen molar-refractivity contribution in [3.05, 3.63) is 95.6 Å². The third kappa shape index (κ3) is 7.94. The van der Waals surface area contributed by atoms with Crippen molar-refractivity contribution in [3.8, 4) is 11.5 Å². The zero-order chi connectivity index (χ0) is 25.0. The van der Waals surface area contributed by atoms with Gasteiger partial charge in [-0.2, -0.15) is 0 Å². The quantitative estimate of drug-likeness (QED) is 0.287. The standard InChI is InChI=1S/C31H38N2O3/c1-2-3-5-9-26-14-16-28(17-15-26)31(34)33(19-18-32-20-22-35-23-21-32)25-27-10-8-13-30(24-27)36-29-11-6-4-7-12-29/h4,6-8,10-17,24H,2-3,5,9,18-23,25H2,1H3. The summed E-state index contributed by atoms with van der Waals surface area (Å²) in [5.41, 5.74) is 3.09. The Morgan fingerprint density at radius 2 is 1.64 bits per heavy atom. The summed E-state index contributed by atoms with van der Waals surface area (Å²) in [7, 11) is 0. The number of unbranched alkanes of at least 4 members (excludes halogenated alkanes) is 2. The van der Waals surface area contributed by atoms with Gasteiger partial charge in [-0.3, -0.25) is 9.69 Å². The Morgan fingerprint density at radius 1 is 0.889 bits per heavy atom. The monoisotopic (exact) mass is 486 g/mol. The second kappa shape index (κ2) is 13.8. The molecule has 1 fully saturated rings. The van der Waals surface area contributed by atoms with E-state index in [4.69, 9.17) is 9.47 Å². The lowest BCUT2D eigenvalue weighted by Crippen LogP contribution is -2.42. The molecule has 0 radical (unpaired) electrons. The third-order valence-electron chi connectivity index (χ3n) is 6.60. The fourth-order valence-electron chi connectivity index (χ4n) is 4.47. The minimum Gasteiger partial charge on any atom is -0.457 e. The van der Waals surface area contributed by atoms with Crippen molar-refractivity contribution < 1.29 is 14.3 Å². The summed E-state index contributed by atoms with van der Waals surface area (Å²) in [5, 5.41) is 0. The lowest BCUT2D eigenvalue weighted by atomic mass is 10.0. The Balaban J connectivity index is 1.46. The maximum absolute atomic E-state index is 13.6. The van der Waals surface area contributed by atoms with Crippen LogP contribution < -0.4 is 4.74 Å². The highest BCUT2D eigenvalue weighted by Crippen LogP contribution is 2.23. The molecule has 5 nitrogen and oxygen atoms in total. The second-order valence-electron chi connectivity index (χ2n) is 9.40. The van der Waals surface area contributed by atoms with Crippen LogP contribution in [0.4, 0.5) is 0 Å². The first-order valence-corrected chi connectivity index (χ1v) is 13.2. The van der Waals surface area contributed by atoms with Crippen molar-refractivity contribution in [2.24, 2.45) is 0 Å². The number of aryl methyl sites for hydroxylation is 1. The van der Waals surface area contributed by atoms with Gasteiger partial charge in [-0.15, -0.1) is 0 Å². The van der Waals surface area contributed by atoms with Gasteiger partial charge in [-0.05, 0) is 60.4 Å². The van der Waals surface area contributed by atoms with Crippen LogP contribution in [0.15, 0.2) is 78.9 Å². The molecule has 0 bridgehead atoms. The summed E-state index contributed by atoms with van der Waals surface area (Å²) in [5.74, 6) is 1.64. The molecule has 0 spiro atoms. The van der Waals surface area contributed by atoms with Gasteiger partial charge in [-0.25, -0.2) is 0 Å². The molecule has 1 aliphatic heterocycles. The average Bonchev–Trinajstić information content (AvgIpc) is 2.92. The van der Waals surface area contributed by atoms with Crippen molar-refractivity contribution >= 4 is 5.91 Å². The van der Waals surface area contributed by atoms with Gasteiger partial charge in [0.2, 0.25) is 0 Å². The number of ether oxygens (including phenoxy) is 2. The summed E-state index contributed by atoms with van der Waals surface area (Å²) in [4.78, 5) is 18.0. The van der Waals surface area contributed by atoms with Gasteiger partial charge in [0, 0.05) is 38.3 Å². The molecular formula is C31H38N2O3. The second-order valence-corrected chi connectivity index (χ2v) is 9.40. The van der Waals surface area contributed by atoms with Crippen molar-refractivity contribution in [2.75, 3.05) is 39.4 Å². The van der Waals surface area contributed by atoms with Crippen LogP contribution in [0.3, 0.4) is 0 Å². The zero-order valence-electron chi connectivity index (χ0n) is 21.4. The predicted molar refractivity (Wildman–Crippen MR) is 145 cm³/mol. The van der Waals surface area contributed by atoms with E-state index in [1.807, 2.05) is 65.6 Å². The molecule has 1 heterocycles. The summed E-state index contributed by atoms with van der Waals surface area (Å²) in [6.07, 6.45) is 4.71. The van der Waals surface area contributed by atoms with Crippen LogP contribution >= 0.6 is 0 Å². The normalized spacial score (nSPS) is 13.9. The Hall–Kier alpha value is -3.15.